The summed E-state index contributed by atoms with van der Waals surface area (Å²) >= 11 is 0. The first-order valence-corrected chi connectivity index (χ1v) is 16.6. The van der Waals surface area contributed by atoms with Gasteiger partial charge < -0.3 is 0 Å². The number of rotatable bonds is 6. The molecule has 0 N–H and O–H groups in total. The van der Waals surface area contributed by atoms with Crippen molar-refractivity contribution < 1.29 is 9.59 Å². The molecule has 222 valence electrons. The lowest BCUT2D eigenvalue weighted by Gasteiger charge is -2.18. The average molecular weight is 613 g/mol. The van der Waals surface area contributed by atoms with Gasteiger partial charge in [-0.15, -0.1) is 0 Å². The molecule has 6 aromatic rings. The van der Waals surface area contributed by atoms with Crippen molar-refractivity contribution in [3.05, 3.63) is 206 Å². The van der Waals surface area contributed by atoms with E-state index < -0.39 is 7.92 Å². The molecule has 2 nitrogen and oxygen atoms in total. The minimum atomic E-state index is -0.446. The van der Waals surface area contributed by atoms with E-state index in [1.165, 1.54) is 56.6 Å². The third kappa shape index (κ3) is 9.32. The summed E-state index contributed by atoms with van der Waals surface area (Å²) in [5.74, 6) is -0.241. The first-order valence-electron chi connectivity index (χ1n) is 15.2. The third-order valence-corrected chi connectivity index (χ3v) is 9.71. The van der Waals surface area contributed by atoms with Gasteiger partial charge in [0.1, 0.15) is 0 Å². The Kier molecular flexibility index (Phi) is 12.0. The molecule has 0 spiro atoms. The molecule has 0 aliphatic heterocycles. The van der Waals surface area contributed by atoms with Crippen LogP contribution in [0.3, 0.4) is 0 Å². The highest BCUT2D eigenvalue weighted by molar-refractivity contribution is 7.79. The van der Waals surface area contributed by atoms with E-state index in [1.807, 2.05) is 0 Å². The molecule has 46 heavy (non-hydrogen) atoms. The van der Waals surface area contributed by atoms with E-state index in [1.54, 1.807) is 0 Å². The zero-order valence-electron chi connectivity index (χ0n) is 25.5. The Labute approximate surface area is 273 Å². The lowest BCUT2D eigenvalue weighted by atomic mass is 9.37. The highest BCUT2D eigenvalue weighted by Crippen LogP contribution is 2.32. The van der Waals surface area contributed by atoms with E-state index in [0.29, 0.717) is 6.71 Å². The first kappa shape index (κ1) is 32.0. The van der Waals surface area contributed by atoms with Gasteiger partial charge in [-0.2, -0.15) is 0 Å². The normalized spacial score (nSPS) is 11.6. The van der Waals surface area contributed by atoms with Crippen LogP contribution in [0.25, 0.3) is 0 Å². The Hall–Kier alpha value is -5.37. The molecule has 6 aromatic carbocycles. The maximum atomic E-state index is 10.3. The fourth-order valence-corrected chi connectivity index (χ4v) is 7.44. The van der Waals surface area contributed by atoms with E-state index >= 15 is 0 Å². The van der Waals surface area contributed by atoms with Gasteiger partial charge in [0.05, 0.1) is 0 Å². The SMILES string of the molecule is O=C1C=CC(=O)C=C1.c1ccc(B(c2ccccc2)c2ccccc2)cc1.c1ccc(P(c2ccccc2)c2ccccc2)cc1. The van der Waals surface area contributed by atoms with Crippen LogP contribution in [0.4, 0.5) is 0 Å². The number of carbonyl (C=O) groups excluding carboxylic acids is 2. The molecule has 0 saturated carbocycles. The van der Waals surface area contributed by atoms with Crippen molar-refractivity contribution in [2.24, 2.45) is 0 Å². The maximum Gasteiger partial charge on any atom is 0.241 e. The number of benzene rings is 6. The molecule has 1 aliphatic rings. The molecule has 0 fully saturated rings. The summed E-state index contributed by atoms with van der Waals surface area (Å²) in [4.78, 5) is 20.6. The topological polar surface area (TPSA) is 34.1 Å². The van der Waals surface area contributed by atoms with Gasteiger partial charge in [0.25, 0.3) is 0 Å². The van der Waals surface area contributed by atoms with Crippen LogP contribution < -0.4 is 32.3 Å². The van der Waals surface area contributed by atoms with Crippen molar-refractivity contribution >= 4 is 58.5 Å². The van der Waals surface area contributed by atoms with E-state index in [0.717, 1.165) is 0 Å². The van der Waals surface area contributed by atoms with E-state index in [9.17, 15) is 9.59 Å². The highest BCUT2D eigenvalue weighted by Gasteiger charge is 2.20. The molecule has 7 rings (SSSR count). The second kappa shape index (κ2) is 17.2. The Bertz CT molecular complexity index is 1500. The summed E-state index contributed by atoms with van der Waals surface area (Å²) in [7, 11) is -0.446. The zero-order valence-corrected chi connectivity index (χ0v) is 26.4. The van der Waals surface area contributed by atoms with Crippen LogP contribution in [0, 0.1) is 0 Å². The van der Waals surface area contributed by atoms with E-state index in [-0.39, 0.29) is 11.6 Å². The van der Waals surface area contributed by atoms with Crippen LogP contribution in [0.2, 0.25) is 0 Å². The molecule has 0 unspecified atom stereocenters. The Morgan fingerprint density at radius 3 is 0.761 bits per heavy atom. The summed E-state index contributed by atoms with van der Waals surface area (Å²) in [5, 5.41) is 4.19. The molecule has 0 saturated heterocycles. The monoisotopic (exact) mass is 612 g/mol. The average Bonchev–Trinajstić information content (AvgIpc) is 3.13. The molecule has 0 aromatic heterocycles. The van der Waals surface area contributed by atoms with E-state index in [2.05, 4.69) is 182 Å². The summed E-state index contributed by atoms with van der Waals surface area (Å²) in [5.41, 5.74) is 4.00. The van der Waals surface area contributed by atoms with Crippen molar-refractivity contribution in [2.45, 2.75) is 0 Å². The van der Waals surface area contributed by atoms with Crippen LogP contribution in [0.15, 0.2) is 206 Å². The van der Waals surface area contributed by atoms with Crippen LogP contribution in [0.5, 0.6) is 0 Å². The molecule has 0 bridgehead atoms. The minimum absolute atomic E-state index is 0.121. The Morgan fingerprint density at radius 1 is 0.304 bits per heavy atom. The predicted octanol–water partition coefficient (Wildman–Crippen LogP) is 5.90. The number of hydrogen-bond donors (Lipinski definition) is 0. The fraction of sp³-hybridized carbons (Fsp3) is 0. The van der Waals surface area contributed by atoms with Gasteiger partial charge in [-0.25, -0.2) is 0 Å². The summed E-state index contributed by atoms with van der Waals surface area (Å²) in [6.45, 7) is 0.309. The molecule has 0 atom stereocenters. The van der Waals surface area contributed by atoms with Crippen LogP contribution >= 0.6 is 7.92 Å². The molecule has 0 heterocycles. The van der Waals surface area contributed by atoms with Crippen LogP contribution in [0.1, 0.15) is 0 Å². The Balaban J connectivity index is 0.000000147. The van der Waals surface area contributed by atoms with Crippen molar-refractivity contribution in [3.8, 4) is 0 Å². The van der Waals surface area contributed by atoms with Crippen molar-refractivity contribution in [3.63, 3.8) is 0 Å². The van der Waals surface area contributed by atoms with Crippen molar-refractivity contribution in [1.29, 1.82) is 0 Å². The van der Waals surface area contributed by atoms with Gasteiger partial charge in [0.15, 0.2) is 11.6 Å². The molecule has 0 radical (unpaired) electrons. The molecule has 1 aliphatic carbocycles. The lowest BCUT2D eigenvalue weighted by molar-refractivity contribution is -0.113. The Morgan fingerprint density at radius 2 is 0.522 bits per heavy atom. The zero-order chi connectivity index (χ0) is 31.8. The van der Waals surface area contributed by atoms with Crippen molar-refractivity contribution in [2.75, 3.05) is 0 Å². The number of allylic oxidation sites excluding steroid dienone is 4. The second-order valence-corrected chi connectivity index (χ2v) is 12.7. The van der Waals surface area contributed by atoms with Crippen LogP contribution in [-0.4, -0.2) is 18.3 Å². The smallest absolute Gasteiger partial charge is 0.241 e. The van der Waals surface area contributed by atoms with Gasteiger partial charge in [0, 0.05) is 0 Å². The van der Waals surface area contributed by atoms with Gasteiger partial charge in [-0.1, -0.05) is 198 Å². The summed E-state index contributed by atoms with van der Waals surface area (Å²) < 4.78 is 0. The van der Waals surface area contributed by atoms with Gasteiger partial charge in [-0.3, -0.25) is 9.59 Å². The number of ketones is 2. The van der Waals surface area contributed by atoms with E-state index in [4.69, 9.17) is 0 Å². The molecule has 4 heteroatoms. The fourth-order valence-electron chi connectivity index (χ4n) is 5.13. The second-order valence-electron chi connectivity index (χ2n) is 10.5. The van der Waals surface area contributed by atoms with Crippen LogP contribution in [-0.2, 0) is 9.59 Å². The predicted molar refractivity (Wildman–Crippen MR) is 197 cm³/mol. The largest absolute Gasteiger partial charge is 0.290 e. The van der Waals surface area contributed by atoms with Gasteiger partial charge in [0.2, 0.25) is 6.71 Å². The lowest BCUT2D eigenvalue weighted by Crippen LogP contribution is -2.51. The number of hydrogen-bond acceptors (Lipinski definition) is 2. The minimum Gasteiger partial charge on any atom is -0.290 e. The highest BCUT2D eigenvalue weighted by atomic mass is 31.1. The first-order chi connectivity index (χ1) is 22.7. The summed E-state index contributed by atoms with van der Waals surface area (Å²) in [6.07, 6.45) is 5.01. The van der Waals surface area contributed by atoms with Crippen molar-refractivity contribution in [1.82, 2.24) is 0 Å². The summed E-state index contributed by atoms with van der Waals surface area (Å²) in [6, 6.07) is 64.4. The number of carbonyl (C=O) groups is 2. The quantitative estimate of drug-likeness (QED) is 0.134. The van der Waals surface area contributed by atoms with Gasteiger partial charge >= 0.3 is 0 Å². The molecular formula is C42H34BO2P. The van der Waals surface area contributed by atoms with Gasteiger partial charge in [-0.05, 0) is 48.1 Å². The maximum absolute atomic E-state index is 10.3. The molecular weight excluding hydrogens is 578 g/mol. The standard InChI is InChI=1S/C18H15B.C18H15P.C6H4O2/c2*1-4-10-16(11-5-1)19(17-12-6-2-7-13-17)18-14-8-3-9-15-18;7-5-1-2-6(8)4-3-5/h2*1-15H;1-4H. The third-order valence-electron chi connectivity index (χ3n) is 7.27. The molecule has 0 amide bonds.